The summed E-state index contributed by atoms with van der Waals surface area (Å²) >= 11 is 12.4. The first-order chi connectivity index (χ1) is 14.0. The van der Waals surface area contributed by atoms with E-state index >= 15 is 0 Å². The molecule has 3 rings (SSSR count). The van der Waals surface area contributed by atoms with Gasteiger partial charge in [0, 0.05) is 32.2 Å². The number of hydrogen-bond acceptors (Lipinski definition) is 4. The molecule has 0 spiro atoms. The number of ether oxygens (including phenoxy) is 1. The fraction of sp³-hybridized carbons (Fsp3) is 0.409. The van der Waals surface area contributed by atoms with Crippen LogP contribution in [0.4, 0.5) is 5.69 Å². The largest absolute Gasteiger partial charge is 0.379 e. The predicted octanol–water partition coefficient (Wildman–Crippen LogP) is 4.15. The minimum Gasteiger partial charge on any atom is -0.379 e. The second-order valence-corrected chi connectivity index (χ2v) is 8.11. The lowest BCUT2D eigenvalue weighted by Gasteiger charge is -2.34. The van der Waals surface area contributed by atoms with Crippen LogP contribution >= 0.6 is 23.2 Å². The van der Waals surface area contributed by atoms with Gasteiger partial charge in [0.15, 0.2) is 0 Å². The molecule has 1 fully saturated rings. The predicted molar refractivity (Wildman–Crippen MR) is 119 cm³/mol. The van der Waals surface area contributed by atoms with E-state index in [-0.39, 0.29) is 18.5 Å². The molecular weight excluding hydrogens is 409 g/mol. The number of halogens is 2. The van der Waals surface area contributed by atoms with Crippen LogP contribution in [0.2, 0.25) is 10.0 Å². The number of rotatable bonds is 8. The lowest BCUT2D eigenvalue weighted by molar-refractivity contribution is -0.118. The highest BCUT2D eigenvalue weighted by molar-refractivity contribution is 6.39. The molecule has 1 unspecified atom stereocenters. The second kappa shape index (κ2) is 11.0. The number of para-hydroxylation sites is 1. The summed E-state index contributed by atoms with van der Waals surface area (Å²) in [6.45, 7) is 7.35. The van der Waals surface area contributed by atoms with Gasteiger partial charge in [-0.25, -0.2) is 0 Å². The van der Waals surface area contributed by atoms with Gasteiger partial charge in [-0.15, -0.1) is 0 Å². The van der Waals surface area contributed by atoms with Gasteiger partial charge >= 0.3 is 0 Å². The van der Waals surface area contributed by atoms with Crippen LogP contribution in [0, 0.1) is 0 Å². The molecule has 7 heteroatoms. The van der Waals surface area contributed by atoms with Crippen molar-refractivity contribution in [2.75, 3.05) is 44.7 Å². The van der Waals surface area contributed by atoms with E-state index < -0.39 is 0 Å². The van der Waals surface area contributed by atoms with E-state index in [2.05, 4.69) is 34.2 Å². The summed E-state index contributed by atoms with van der Waals surface area (Å²) in [5, 5.41) is 3.74. The Bertz CT molecular complexity index is 778. The van der Waals surface area contributed by atoms with Crippen molar-refractivity contribution in [1.29, 1.82) is 0 Å². The van der Waals surface area contributed by atoms with E-state index in [0.717, 1.165) is 32.8 Å². The maximum atomic E-state index is 12.8. The highest BCUT2D eigenvalue weighted by Gasteiger charge is 2.22. The van der Waals surface area contributed by atoms with Crippen LogP contribution in [0.25, 0.3) is 0 Å². The van der Waals surface area contributed by atoms with Gasteiger partial charge in [0.2, 0.25) is 5.91 Å². The molecule has 2 aromatic rings. The Kier molecular flexibility index (Phi) is 8.33. The third-order valence-electron chi connectivity index (χ3n) is 5.05. The standard InChI is InChI=1S/C22H27Cl2N3O2/c1-17(14-26-10-12-29-13-11-26)27(15-18-6-3-2-4-7-18)16-21(28)25-22-19(23)8-5-9-20(22)24/h2-9,17H,10-16H2,1H3,(H,25,28). The molecule has 1 aliphatic heterocycles. The van der Waals surface area contributed by atoms with Gasteiger partial charge in [0.1, 0.15) is 0 Å². The Hall–Kier alpha value is -1.63. The SMILES string of the molecule is CC(CN1CCOCC1)N(CC(=O)Nc1c(Cl)cccc1Cl)Cc1ccccc1. The summed E-state index contributed by atoms with van der Waals surface area (Å²) in [7, 11) is 0. The molecule has 1 N–H and O–H groups in total. The van der Waals surface area contributed by atoms with Gasteiger partial charge in [0.05, 0.1) is 35.5 Å². The average molecular weight is 436 g/mol. The maximum absolute atomic E-state index is 12.8. The van der Waals surface area contributed by atoms with E-state index in [4.69, 9.17) is 27.9 Å². The number of hydrogen-bond donors (Lipinski definition) is 1. The lowest BCUT2D eigenvalue weighted by Crippen LogP contribution is -2.47. The second-order valence-electron chi connectivity index (χ2n) is 7.30. The van der Waals surface area contributed by atoms with Crippen LogP contribution in [0.1, 0.15) is 12.5 Å². The number of nitrogens with zero attached hydrogens (tertiary/aromatic N) is 2. The summed E-state index contributed by atoms with van der Waals surface area (Å²) in [5.41, 5.74) is 1.63. The first kappa shape index (κ1) is 22.1. The molecule has 1 atom stereocenters. The normalized spacial score (nSPS) is 16.0. The van der Waals surface area contributed by atoms with Crippen molar-refractivity contribution >= 4 is 34.8 Å². The zero-order valence-corrected chi connectivity index (χ0v) is 18.1. The minimum atomic E-state index is -0.134. The van der Waals surface area contributed by atoms with Gasteiger partial charge in [-0.3, -0.25) is 14.6 Å². The van der Waals surface area contributed by atoms with Crippen LogP contribution in [0.15, 0.2) is 48.5 Å². The number of anilines is 1. The molecule has 0 bridgehead atoms. The van der Waals surface area contributed by atoms with Gasteiger partial charge in [0.25, 0.3) is 0 Å². The number of amides is 1. The van der Waals surface area contributed by atoms with Crippen LogP contribution in [-0.2, 0) is 16.1 Å². The molecule has 0 radical (unpaired) electrons. The van der Waals surface area contributed by atoms with Crippen molar-refractivity contribution in [3.63, 3.8) is 0 Å². The molecule has 1 saturated heterocycles. The summed E-state index contributed by atoms with van der Waals surface area (Å²) in [6.07, 6.45) is 0. The van der Waals surface area contributed by atoms with Crippen LogP contribution in [-0.4, -0.2) is 61.1 Å². The van der Waals surface area contributed by atoms with Gasteiger partial charge in [-0.1, -0.05) is 59.6 Å². The smallest absolute Gasteiger partial charge is 0.238 e. The quantitative estimate of drug-likeness (QED) is 0.675. The molecule has 5 nitrogen and oxygen atoms in total. The number of benzene rings is 2. The Morgan fingerprint density at radius 2 is 1.76 bits per heavy atom. The van der Waals surface area contributed by atoms with Crippen molar-refractivity contribution in [1.82, 2.24) is 9.80 Å². The molecule has 0 aliphatic carbocycles. The molecule has 29 heavy (non-hydrogen) atoms. The molecule has 156 valence electrons. The summed E-state index contributed by atoms with van der Waals surface area (Å²) in [6, 6.07) is 15.6. The highest BCUT2D eigenvalue weighted by atomic mass is 35.5. The molecule has 1 aliphatic rings. The van der Waals surface area contributed by atoms with Crippen molar-refractivity contribution in [2.45, 2.75) is 19.5 Å². The van der Waals surface area contributed by atoms with Gasteiger partial charge in [-0.05, 0) is 24.6 Å². The molecule has 1 amide bonds. The number of nitrogens with one attached hydrogen (secondary N) is 1. The molecule has 0 aromatic heterocycles. The van der Waals surface area contributed by atoms with E-state index in [1.165, 1.54) is 5.56 Å². The summed E-state index contributed by atoms with van der Waals surface area (Å²) < 4.78 is 5.45. The Morgan fingerprint density at radius 1 is 1.10 bits per heavy atom. The molecule has 0 saturated carbocycles. The fourth-order valence-corrected chi connectivity index (χ4v) is 3.93. The van der Waals surface area contributed by atoms with Crippen molar-refractivity contribution in [3.8, 4) is 0 Å². The molecular formula is C22H27Cl2N3O2. The topological polar surface area (TPSA) is 44.8 Å². The molecule has 2 aromatic carbocycles. The fourth-order valence-electron chi connectivity index (χ4n) is 3.44. The first-order valence-electron chi connectivity index (χ1n) is 9.85. The highest BCUT2D eigenvalue weighted by Crippen LogP contribution is 2.29. The first-order valence-corrected chi connectivity index (χ1v) is 10.6. The number of carbonyl (C=O) groups excluding carboxylic acids is 1. The van der Waals surface area contributed by atoms with E-state index in [9.17, 15) is 4.79 Å². The van der Waals surface area contributed by atoms with Crippen molar-refractivity contribution in [2.24, 2.45) is 0 Å². The number of morpholine rings is 1. The third-order valence-corrected chi connectivity index (χ3v) is 5.68. The van der Waals surface area contributed by atoms with Gasteiger partial charge in [-0.2, -0.15) is 0 Å². The van der Waals surface area contributed by atoms with Gasteiger partial charge < -0.3 is 10.1 Å². The van der Waals surface area contributed by atoms with E-state index in [1.54, 1.807) is 18.2 Å². The summed E-state index contributed by atoms with van der Waals surface area (Å²) in [5.74, 6) is -0.134. The van der Waals surface area contributed by atoms with Crippen molar-refractivity contribution < 1.29 is 9.53 Å². The summed E-state index contributed by atoms with van der Waals surface area (Å²) in [4.78, 5) is 17.4. The monoisotopic (exact) mass is 435 g/mol. The Morgan fingerprint density at radius 3 is 2.41 bits per heavy atom. The Balaban J connectivity index is 1.68. The minimum absolute atomic E-state index is 0.134. The maximum Gasteiger partial charge on any atom is 0.238 e. The van der Waals surface area contributed by atoms with E-state index in [0.29, 0.717) is 22.3 Å². The van der Waals surface area contributed by atoms with E-state index in [1.807, 2.05) is 18.2 Å². The third kappa shape index (κ3) is 6.69. The lowest BCUT2D eigenvalue weighted by atomic mass is 10.1. The van der Waals surface area contributed by atoms with Crippen LogP contribution in [0.5, 0.6) is 0 Å². The zero-order valence-electron chi connectivity index (χ0n) is 16.6. The number of carbonyl (C=O) groups is 1. The average Bonchev–Trinajstić information content (AvgIpc) is 2.72. The van der Waals surface area contributed by atoms with Crippen LogP contribution < -0.4 is 5.32 Å². The van der Waals surface area contributed by atoms with Crippen molar-refractivity contribution in [3.05, 3.63) is 64.1 Å². The zero-order chi connectivity index (χ0) is 20.6. The van der Waals surface area contributed by atoms with Crippen LogP contribution in [0.3, 0.4) is 0 Å². The molecule has 1 heterocycles. The Labute approximate surface area is 182 Å².